The summed E-state index contributed by atoms with van der Waals surface area (Å²) in [7, 11) is 3.71. The maximum Gasteiger partial charge on any atom is 0.241 e. The molecule has 1 aromatic carbocycles. The highest BCUT2D eigenvalue weighted by Gasteiger charge is 2.41. The van der Waals surface area contributed by atoms with Crippen LogP contribution in [-0.2, 0) is 9.59 Å². The molecule has 0 saturated carbocycles. The van der Waals surface area contributed by atoms with E-state index in [4.69, 9.17) is 11.6 Å². The minimum Gasteiger partial charge on any atom is -0.358 e. The van der Waals surface area contributed by atoms with E-state index in [1.165, 1.54) is 0 Å². The first-order chi connectivity index (χ1) is 12.5. The van der Waals surface area contributed by atoms with Crippen LogP contribution in [0.15, 0.2) is 24.3 Å². The zero-order chi connectivity index (χ0) is 18.7. The third kappa shape index (κ3) is 4.03. The van der Waals surface area contributed by atoms with Gasteiger partial charge in [-0.1, -0.05) is 23.7 Å². The molecule has 1 N–H and O–H groups in total. The van der Waals surface area contributed by atoms with Crippen molar-refractivity contribution in [3.63, 3.8) is 0 Å². The third-order valence-corrected chi connectivity index (χ3v) is 5.66. The van der Waals surface area contributed by atoms with Crippen LogP contribution in [0.1, 0.15) is 24.4 Å². The molecule has 1 aromatic rings. The molecule has 2 aliphatic heterocycles. The average Bonchev–Trinajstić information content (AvgIpc) is 3.12. The lowest BCUT2D eigenvalue weighted by atomic mass is 10.0. The molecule has 3 rings (SSSR count). The summed E-state index contributed by atoms with van der Waals surface area (Å²) in [6, 6.07) is 6.62. The van der Waals surface area contributed by atoms with Crippen molar-refractivity contribution in [1.29, 1.82) is 0 Å². The van der Waals surface area contributed by atoms with Gasteiger partial charge in [-0.25, -0.2) is 0 Å². The summed E-state index contributed by atoms with van der Waals surface area (Å²) >= 11 is 6.00. The second-order valence-electron chi connectivity index (χ2n) is 7.09. The number of likely N-dealkylation sites (N-methyl/N-ethyl adjacent to an activating group) is 2. The molecule has 0 aromatic heterocycles. The maximum absolute atomic E-state index is 13.1. The Labute approximate surface area is 160 Å². The fourth-order valence-electron chi connectivity index (χ4n) is 3.88. The van der Waals surface area contributed by atoms with Gasteiger partial charge >= 0.3 is 0 Å². The van der Waals surface area contributed by atoms with E-state index in [9.17, 15) is 9.59 Å². The molecule has 0 spiro atoms. The van der Waals surface area contributed by atoms with Crippen LogP contribution in [0.4, 0.5) is 0 Å². The molecule has 2 fully saturated rings. The number of benzene rings is 1. The van der Waals surface area contributed by atoms with Gasteiger partial charge in [0.15, 0.2) is 0 Å². The number of rotatable bonds is 4. The second kappa shape index (κ2) is 8.37. The SMILES string of the molecule is CNC(=O)C(c1ccc(Cl)cc1)N1CCCC1C(=O)N1CCN(C)CC1. The van der Waals surface area contributed by atoms with Gasteiger partial charge in [-0.2, -0.15) is 0 Å². The normalized spacial score (nSPS) is 23.0. The molecular weight excluding hydrogens is 352 g/mol. The summed E-state index contributed by atoms with van der Waals surface area (Å²) in [5, 5.41) is 3.39. The van der Waals surface area contributed by atoms with Crippen LogP contribution >= 0.6 is 11.6 Å². The van der Waals surface area contributed by atoms with Crippen LogP contribution in [0.2, 0.25) is 5.02 Å². The fraction of sp³-hybridized carbons (Fsp3) is 0.579. The maximum atomic E-state index is 13.1. The van der Waals surface area contributed by atoms with E-state index in [0.29, 0.717) is 5.02 Å². The number of carbonyl (C=O) groups is 2. The van der Waals surface area contributed by atoms with Gasteiger partial charge < -0.3 is 15.1 Å². The highest BCUT2D eigenvalue weighted by Crippen LogP contribution is 2.31. The monoisotopic (exact) mass is 378 g/mol. The quantitative estimate of drug-likeness (QED) is 0.859. The smallest absolute Gasteiger partial charge is 0.241 e. The second-order valence-corrected chi connectivity index (χ2v) is 7.53. The van der Waals surface area contributed by atoms with Gasteiger partial charge in [0, 0.05) is 44.8 Å². The van der Waals surface area contributed by atoms with Crippen LogP contribution < -0.4 is 5.32 Å². The molecule has 7 heteroatoms. The van der Waals surface area contributed by atoms with Crippen LogP contribution in [0.5, 0.6) is 0 Å². The van der Waals surface area contributed by atoms with E-state index in [-0.39, 0.29) is 17.9 Å². The van der Waals surface area contributed by atoms with Crippen LogP contribution in [0.3, 0.4) is 0 Å². The minimum atomic E-state index is -0.471. The van der Waals surface area contributed by atoms with Crippen LogP contribution in [0, 0.1) is 0 Å². The molecule has 0 aliphatic carbocycles. The molecule has 2 unspecified atom stereocenters. The minimum absolute atomic E-state index is 0.0922. The Kier molecular flexibility index (Phi) is 6.16. The lowest BCUT2D eigenvalue weighted by Gasteiger charge is -2.37. The Balaban J connectivity index is 1.82. The van der Waals surface area contributed by atoms with Crippen molar-refractivity contribution in [3.05, 3.63) is 34.9 Å². The van der Waals surface area contributed by atoms with Crippen molar-refractivity contribution >= 4 is 23.4 Å². The number of piperazine rings is 1. The van der Waals surface area contributed by atoms with Crippen molar-refractivity contribution in [2.45, 2.75) is 24.9 Å². The van der Waals surface area contributed by atoms with Gasteiger partial charge in [-0.3, -0.25) is 14.5 Å². The molecule has 0 radical (unpaired) electrons. The van der Waals surface area contributed by atoms with Gasteiger partial charge in [0.1, 0.15) is 6.04 Å². The van der Waals surface area contributed by atoms with E-state index in [0.717, 1.165) is 51.1 Å². The molecule has 142 valence electrons. The fourth-order valence-corrected chi connectivity index (χ4v) is 4.00. The van der Waals surface area contributed by atoms with Gasteiger partial charge in [-0.15, -0.1) is 0 Å². The first-order valence-electron chi connectivity index (χ1n) is 9.21. The predicted octanol–water partition coefficient (Wildman–Crippen LogP) is 1.37. The Morgan fingerprint density at radius 3 is 2.38 bits per heavy atom. The summed E-state index contributed by atoms with van der Waals surface area (Å²) < 4.78 is 0. The number of hydrogen-bond acceptors (Lipinski definition) is 4. The van der Waals surface area contributed by atoms with Crippen LogP contribution in [-0.4, -0.2) is 79.4 Å². The lowest BCUT2D eigenvalue weighted by Crippen LogP contribution is -2.54. The van der Waals surface area contributed by atoms with E-state index in [2.05, 4.69) is 22.2 Å². The zero-order valence-corrected chi connectivity index (χ0v) is 16.2. The van der Waals surface area contributed by atoms with E-state index in [1.54, 1.807) is 19.2 Å². The number of likely N-dealkylation sites (tertiary alicyclic amines) is 1. The first kappa shape index (κ1) is 19.1. The molecule has 26 heavy (non-hydrogen) atoms. The zero-order valence-electron chi connectivity index (χ0n) is 15.4. The summed E-state index contributed by atoms with van der Waals surface area (Å²) in [5.41, 5.74) is 0.867. The summed E-state index contributed by atoms with van der Waals surface area (Å²) in [6.07, 6.45) is 1.72. The van der Waals surface area contributed by atoms with E-state index < -0.39 is 6.04 Å². The molecule has 2 aliphatic rings. The number of hydrogen-bond donors (Lipinski definition) is 1. The average molecular weight is 379 g/mol. The largest absolute Gasteiger partial charge is 0.358 e. The molecule has 6 nitrogen and oxygen atoms in total. The molecule has 2 atom stereocenters. The van der Waals surface area contributed by atoms with Crippen molar-refractivity contribution in [1.82, 2.24) is 20.0 Å². The molecule has 2 saturated heterocycles. The van der Waals surface area contributed by atoms with E-state index in [1.807, 2.05) is 17.0 Å². The predicted molar refractivity (Wildman–Crippen MR) is 102 cm³/mol. The van der Waals surface area contributed by atoms with Crippen LogP contribution in [0.25, 0.3) is 0 Å². The molecule has 0 bridgehead atoms. The Morgan fingerprint density at radius 2 is 1.77 bits per heavy atom. The van der Waals surface area contributed by atoms with Gasteiger partial charge in [0.25, 0.3) is 0 Å². The number of nitrogens with one attached hydrogen (secondary N) is 1. The number of amides is 2. The topological polar surface area (TPSA) is 55.9 Å². The summed E-state index contributed by atoms with van der Waals surface area (Å²) in [6.45, 7) is 4.05. The number of nitrogens with zero attached hydrogens (tertiary/aromatic N) is 3. The lowest BCUT2D eigenvalue weighted by molar-refractivity contribution is -0.140. The Bertz CT molecular complexity index is 643. The standard InChI is InChI=1S/C19H27ClN4O2/c1-21-18(25)17(14-5-7-15(20)8-6-14)24-9-3-4-16(24)19(26)23-12-10-22(2)11-13-23/h5-8,16-17H,3-4,9-13H2,1-2H3,(H,21,25). The Morgan fingerprint density at radius 1 is 1.12 bits per heavy atom. The summed E-state index contributed by atoms with van der Waals surface area (Å²) in [5.74, 6) is 0.0591. The highest BCUT2D eigenvalue weighted by molar-refractivity contribution is 6.30. The number of carbonyl (C=O) groups excluding carboxylic acids is 2. The van der Waals surface area contributed by atoms with Gasteiger partial charge in [-0.05, 0) is 37.6 Å². The molecular formula is C19H27ClN4O2. The summed E-state index contributed by atoms with van der Waals surface area (Å²) in [4.78, 5) is 32.0. The van der Waals surface area contributed by atoms with Crippen molar-refractivity contribution in [2.24, 2.45) is 0 Å². The van der Waals surface area contributed by atoms with Gasteiger partial charge in [0.2, 0.25) is 11.8 Å². The Hall–Kier alpha value is -1.63. The molecule has 2 amide bonds. The van der Waals surface area contributed by atoms with Crippen molar-refractivity contribution in [2.75, 3.05) is 46.8 Å². The highest BCUT2D eigenvalue weighted by atomic mass is 35.5. The number of halogens is 1. The van der Waals surface area contributed by atoms with Gasteiger partial charge in [0.05, 0.1) is 6.04 Å². The van der Waals surface area contributed by atoms with E-state index >= 15 is 0 Å². The van der Waals surface area contributed by atoms with Crippen molar-refractivity contribution < 1.29 is 9.59 Å². The van der Waals surface area contributed by atoms with Crippen molar-refractivity contribution in [3.8, 4) is 0 Å². The first-order valence-corrected chi connectivity index (χ1v) is 9.59. The third-order valence-electron chi connectivity index (χ3n) is 5.41. The molecule has 2 heterocycles.